The maximum Gasteiger partial charge on any atom is 0.416 e. The van der Waals surface area contributed by atoms with Crippen LogP contribution in [0.4, 0.5) is 13.2 Å². The number of hydrogen-bond donors (Lipinski definition) is 1. The number of nitrogens with two attached hydrogens (primary N) is 1. The van der Waals surface area contributed by atoms with Gasteiger partial charge < -0.3 is 5.73 Å². The van der Waals surface area contributed by atoms with E-state index in [9.17, 15) is 21.6 Å². The smallest absolute Gasteiger partial charge is 0.327 e. The van der Waals surface area contributed by atoms with E-state index < -0.39 is 21.8 Å². The van der Waals surface area contributed by atoms with Crippen molar-refractivity contribution < 1.29 is 21.6 Å². The number of nitrogens with zero attached hydrogens (tertiary/aromatic N) is 1. The molecule has 1 saturated carbocycles. The third kappa shape index (κ3) is 5.70. The topological polar surface area (TPSA) is 63.4 Å². The fourth-order valence-electron chi connectivity index (χ4n) is 3.94. The molecule has 1 aromatic carbocycles. The molecule has 1 fully saturated rings. The van der Waals surface area contributed by atoms with Gasteiger partial charge in [0.2, 0.25) is 10.0 Å². The van der Waals surface area contributed by atoms with Gasteiger partial charge in [-0.3, -0.25) is 0 Å². The lowest BCUT2D eigenvalue weighted by Crippen LogP contribution is -2.42. The number of rotatable bonds is 8. The molecule has 1 atom stereocenters. The van der Waals surface area contributed by atoms with Gasteiger partial charge in [0.05, 0.1) is 10.5 Å². The molecule has 0 amide bonds. The van der Waals surface area contributed by atoms with Gasteiger partial charge >= 0.3 is 6.18 Å². The van der Waals surface area contributed by atoms with Crippen molar-refractivity contribution in [3.05, 3.63) is 29.8 Å². The van der Waals surface area contributed by atoms with Crippen LogP contribution in [0.2, 0.25) is 0 Å². The number of alkyl halides is 3. The zero-order valence-electron chi connectivity index (χ0n) is 16.6. The highest BCUT2D eigenvalue weighted by Crippen LogP contribution is 2.33. The molecule has 4 nitrogen and oxygen atoms in total. The largest absolute Gasteiger partial charge is 0.416 e. The Morgan fingerprint density at radius 3 is 2.18 bits per heavy atom. The molecule has 160 valence electrons. The summed E-state index contributed by atoms with van der Waals surface area (Å²) < 4.78 is 65.0. The Morgan fingerprint density at radius 2 is 1.68 bits per heavy atom. The SMILES string of the molecule is CCCCCC(N)C1CCC(N(C)S(=O)(=O)c2ccc(C(F)(F)F)cc2)CC1. The average Bonchev–Trinajstić information content (AvgIpc) is 2.67. The van der Waals surface area contributed by atoms with Crippen LogP contribution in [0.25, 0.3) is 0 Å². The minimum absolute atomic E-state index is 0.110. The lowest BCUT2D eigenvalue weighted by atomic mass is 9.80. The maximum absolute atomic E-state index is 12.8. The Balaban J connectivity index is 1.97. The number of benzene rings is 1. The maximum atomic E-state index is 12.8. The van der Waals surface area contributed by atoms with Crippen molar-refractivity contribution in [2.24, 2.45) is 11.7 Å². The molecule has 2 rings (SSSR count). The number of unbranched alkanes of at least 4 members (excludes halogenated alkanes) is 2. The lowest BCUT2D eigenvalue weighted by molar-refractivity contribution is -0.137. The zero-order valence-corrected chi connectivity index (χ0v) is 17.4. The minimum atomic E-state index is -4.48. The predicted octanol–water partition coefficient (Wildman–Crippen LogP) is 4.79. The van der Waals surface area contributed by atoms with Gasteiger partial charge in [-0.2, -0.15) is 17.5 Å². The molecule has 1 aliphatic rings. The molecule has 28 heavy (non-hydrogen) atoms. The average molecular weight is 421 g/mol. The van der Waals surface area contributed by atoms with E-state index in [2.05, 4.69) is 6.92 Å². The number of halogens is 3. The summed E-state index contributed by atoms with van der Waals surface area (Å²) in [4.78, 5) is -0.110. The van der Waals surface area contributed by atoms with Gasteiger partial charge in [-0.15, -0.1) is 0 Å². The molecule has 8 heteroatoms. The Morgan fingerprint density at radius 1 is 1.11 bits per heavy atom. The summed E-state index contributed by atoms with van der Waals surface area (Å²) >= 11 is 0. The highest BCUT2D eigenvalue weighted by molar-refractivity contribution is 7.89. The van der Waals surface area contributed by atoms with Crippen LogP contribution < -0.4 is 5.73 Å². The van der Waals surface area contributed by atoms with E-state index in [-0.39, 0.29) is 17.0 Å². The van der Waals surface area contributed by atoms with Crippen molar-refractivity contribution >= 4 is 10.0 Å². The standard InChI is InChI=1S/C20H31F3N2O2S/c1-3-4-5-6-19(24)15-7-11-17(12-8-15)25(2)28(26,27)18-13-9-16(10-14-18)20(21,22)23/h9-10,13-15,17,19H,3-8,11-12,24H2,1-2H3. The van der Waals surface area contributed by atoms with E-state index >= 15 is 0 Å². The van der Waals surface area contributed by atoms with Crippen molar-refractivity contribution in [2.75, 3.05) is 7.05 Å². The van der Waals surface area contributed by atoms with Crippen LogP contribution in [0.3, 0.4) is 0 Å². The van der Waals surface area contributed by atoms with Crippen LogP contribution in [-0.2, 0) is 16.2 Å². The van der Waals surface area contributed by atoms with Crippen molar-refractivity contribution in [1.82, 2.24) is 4.31 Å². The van der Waals surface area contributed by atoms with Crippen molar-refractivity contribution in [3.63, 3.8) is 0 Å². The number of sulfonamides is 1. The lowest BCUT2D eigenvalue weighted by Gasteiger charge is -2.36. The molecule has 1 aliphatic carbocycles. The Hall–Kier alpha value is -1.12. The summed E-state index contributed by atoms with van der Waals surface area (Å²) in [7, 11) is -2.31. The van der Waals surface area contributed by atoms with E-state index in [0.29, 0.717) is 5.92 Å². The molecule has 0 heterocycles. The second-order valence-electron chi connectivity index (χ2n) is 7.77. The highest BCUT2D eigenvalue weighted by atomic mass is 32.2. The first-order valence-corrected chi connectivity index (χ1v) is 11.4. The molecule has 1 unspecified atom stereocenters. The number of hydrogen-bond acceptors (Lipinski definition) is 3. The summed E-state index contributed by atoms with van der Waals surface area (Å²) in [6.07, 6.45) is 3.19. The van der Waals surface area contributed by atoms with Gasteiger partial charge in [0.25, 0.3) is 0 Å². The van der Waals surface area contributed by atoms with Crippen LogP contribution in [0.15, 0.2) is 29.2 Å². The first-order valence-electron chi connectivity index (χ1n) is 9.98. The van der Waals surface area contributed by atoms with Crippen molar-refractivity contribution in [2.45, 2.75) is 81.4 Å². The Kier molecular flexibility index (Phi) is 7.93. The summed E-state index contributed by atoms with van der Waals surface area (Å²) in [5.74, 6) is 0.412. The van der Waals surface area contributed by atoms with Gasteiger partial charge in [0, 0.05) is 19.1 Å². The fraction of sp³-hybridized carbons (Fsp3) is 0.700. The molecule has 1 aromatic rings. The summed E-state index contributed by atoms with van der Waals surface area (Å²) in [5.41, 5.74) is 5.46. The summed E-state index contributed by atoms with van der Waals surface area (Å²) in [5, 5.41) is 0. The van der Waals surface area contributed by atoms with Gasteiger partial charge in [-0.25, -0.2) is 8.42 Å². The monoisotopic (exact) mass is 420 g/mol. The van der Waals surface area contributed by atoms with Crippen LogP contribution >= 0.6 is 0 Å². The molecular weight excluding hydrogens is 389 g/mol. The predicted molar refractivity (Wildman–Crippen MR) is 104 cm³/mol. The van der Waals surface area contributed by atoms with Crippen molar-refractivity contribution in [3.8, 4) is 0 Å². The van der Waals surface area contributed by atoms with Crippen LogP contribution in [0.1, 0.15) is 63.9 Å². The Labute approximate surface area is 166 Å². The highest BCUT2D eigenvalue weighted by Gasteiger charge is 2.34. The van der Waals surface area contributed by atoms with Gasteiger partial charge in [-0.1, -0.05) is 26.2 Å². The first-order chi connectivity index (χ1) is 13.1. The normalized spacial score (nSPS) is 22.4. The summed E-state index contributed by atoms with van der Waals surface area (Å²) in [6.45, 7) is 2.16. The van der Waals surface area contributed by atoms with E-state index in [4.69, 9.17) is 5.73 Å². The first kappa shape index (κ1) is 23.2. The Bertz CT molecular complexity index is 712. The van der Waals surface area contributed by atoms with E-state index in [0.717, 1.165) is 69.2 Å². The van der Waals surface area contributed by atoms with E-state index in [1.165, 1.54) is 17.8 Å². The molecule has 0 radical (unpaired) electrons. The van der Waals surface area contributed by atoms with Crippen LogP contribution in [-0.4, -0.2) is 31.9 Å². The van der Waals surface area contributed by atoms with Gasteiger partial charge in [0.15, 0.2) is 0 Å². The third-order valence-electron chi connectivity index (χ3n) is 5.86. The molecule has 0 aromatic heterocycles. The molecule has 0 spiro atoms. The van der Waals surface area contributed by atoms with Crippen LogP contribution in [0.5, 0.6) is 0 Å². The zero-order chi connectivity index (χ0) is 20.9. The molecular formula is C20H31F3N2O2S. The fourth-order valence-corrected chi connectivity index (χ4v) is 5.35. The molecule has 0 bridgehead atoms. The van der Waals surface area contributed by atoms with E-state index in [1.54, 1.807) is 0 Å². The second kappa shape index (κ2) is 9.59. The quantitative estimate of drug-likeness (QED) is 0.615. The molecule has 0 aliphatic heterocycles. The third-order valence-corrected chi connectivity index (χ3v) is 7.79. The van der Waals surface area contributed by atoms with Gasteiger partial charge in [0.1, 0.15) is 0 Å². The molecule has 2 N–H and O–H groups in total. The van der Waals surface area contributed by atoms with Gasteiger partial charge in [-0.05, 0) is 62.3 Å². The van der Waals surface area contributed by atoms with Crippen molar-refractivity contribution in [1.29, 1.82) is 0 Å². The molecule has 0 saturated heterocycles. The second-order valence-corrected chi connectivity index (χ2v) is 9.77. The summed E-state index contributed by atoms with van der Waals surface area (Å²) in [6, 6.07) is 3.70. The minimum Gasteiger partial charge on any atom is -0.327 e. The van der Waals surface area contributed by atoms with E-state index in [1.807, 2.05) is 0 Å². The van der Waals surface area contributed by atoms with Crippen LogP contribution in [0, 0.1) is 5.92 Å².